The molecule has 2 aromatic rings. The van der Waals surface area contributed by atoms with E-state index < -0.39 is 0 Å². The van der Waals surface area contributed by atoms with Gasteiger partial charge in [0.15, 0.2) is 0 Å². The molecule has 5 nitrogen and oxygen atoms in total. The minimum atomic E-state index is -0.141. The predicted octanol–water partition coefficient (Wildman–Crippen LogP) is 2.78. The first-order chi connectivity index (χ1) is 11.7. The van der Waals surface area contributed by atoms with Crippen molar-refractivity contribution in [1.29, 1.82) is 0 Å². The molecule has 2 heterocycles. The van der Waals surface area contributed by atoms with Gasteiger partial charge in [-0.1, -0.05) is 31.2 Å². The van der Waals surface area contributed by atoms with E-state index >= 15 is 0 Å². The highest BCUT2D eigenvalue weighted by molar-refractivity contribution is 5.85. The van der Waals surface area contributed by atoms with E-state index in [1.807, 2.05) is 0 Å². The summed E-state index contributed by atoms with van der Waals surface area (Å²) in [6, 6.07) is 10.6. The Bertz CT molecular complexity index is 730. The first-order valence-electron chi connectivity index (χ1n) is 8.40. The van der Waals surface area contributed by atoms with Crippen LogP contribution in [0.2, 0.25) is 0 Å². The number of methoxy groups -OCH3 is 1. The van der Waals surface area contributed by atoms with E-state index in [4.69, 9.17) is 9.15 Å². The van der Waals surface area contributed by atoms with Crippen LogP contribution in [-0.2, 0) is 13.0 Å². The molecule has 0 aliphatic carbocycles. The molecule has 136 valence electrons. The highest BCUT2D eigenvalue weighted by atomic mass is 35.5. The maximum Gasteiger partial charge on any atom is 0.227 e. The van der Waals surface area contributed by atoms with Gasteiger partial charge in [-0.3, -0.25) is 9.69 Å². The Hall–Kier alpha value is -1.82. The van der Waals surface area contributed by atoms with Gasteiger partial charge in [0.2, 0.25) is 11.2 Å². The van der Waals surface area contributed by atoms with Crippen LogP contribution < -0.4 is 15.5 Å². The lowest BCUT2D eigenvalue weighted by Crippen LogP contribution is -2.45. The number of ether oxygens (including phenoxy) is 1. The van der Waals surface area contributed by atoms with Crippen molar-refractivity contribution in [1.82, 2.24) is 10.2 Å². The number of hydrogen-bond donors (Lipinski definition) is 1. The minimum Gasteiger partial charge on any atom is -0.490 e. The molecule has 1 aromatic heterocycles. The largest absolute Gasteiger partial charge is 0.490 e. The van der Waals surface area contributed by atoms with Crippen LogP contribution in [0.25, 0.3) is 0 Å². The van der Waals surface area contributed by atoms with E-state index in [0.29, 0.717) is 12.3 Å². The standard InChI is InChI=1S/C19H24N2O3.ClH/c1-3-14-4-6-15(7-5-14)17-11-20-8-9-21(17)12-16-10-18(22)19(23-2)13-24-16;/h4-7,10,13,17,20H,3,8-9,11-12H2,1-2H3;1H. The maximum atomic E-state index is 11.9. The SMILES string of the molecule is CCc1ccc(C2CNCCN2Cc2cc(=O)c(OC)co2)cc1.Cl. The molecular formula is C19H25ClN2O3. The molecule has 1 saturated heterocycles. The van der Waals surface area contributed by atoms with E-state index in [2.05, 4.69) is 41.4 Å². The van der Waals surface area contributed by atoms with Crippen LogP contribution in [-0.4, -0.2) is 31.6 Å². The molecule has 0 radical (unpaired) electrons. The number of nitrogens with one attached hydrogen (secondary N) is 1. The lowest BCUT2D eigenvalue weighted by atomic mass is 10.0. The number of hydrogen-bond acceptors (Lipinski definition) is 5. The summed E-state index contributed by atoms with van der Waals surface area (Å²) in [6.45, 7) is 5.52. The third kappa shape index (κ3) is 4.63. The molecule has 1 unspecified atom stereocenters. The molecule has 0 spiro atoms. The van der Waals surface area contributed by atoms with Gasteiger partial charge in [-0.2, -0.15) is 0 Å². The summed E-state index contributed by atoms with van der Waals surface area (Å²) in [7, 11) is 1.47. The average molecular weight is 365 g/mol. The summed E-state index contributed by atoms with van der Waals surface area (Å²) in [5.74, 6) is 0.906. The molecule has 0 amide bonds. The smallest absolute Gasteiger partial charge is 0.227 e. The second-order valence-corrected chi connectivity index (χ2v) is 6.06. The monoisotopic (exact) mass is 364 g/mol. The fraction of sp³-hybridized carbons (Fsp3) is 0.421. The summed E-state index contributed by atoms with van der Waals surface area (Å²) < 4.78 is 10.5. The normalized spacial score (nSPS) is 17.8. The fourth-order valence-electron chi connectivity index (χ4n) is 3.11. The molecule has 6 heteroatoms. The zero-order chi connectivity index (χ0) is 16.9. The number of halogens is 1. The van der Waals surface area contributed by atoms with E-state index in [1.54, 1.807) is 0 Å². The van der Waals surface area contributed by atoms with Crippen LogP contribution in [0.1, 0.15) is 29.9 Å². The molecular weight excluding hydrogens is 340 g/mol. The first-order valence-corrected chi connectivity index (χ1v) is 8.40. The summed E-state index contributed by atoms with van der Waals surface area (Å²) >= 11 is 0. The summed E-state index contributed by atoms with van der Waals surface area (Å²) in [5.41, 5.74) is 2.49. The van der Waals surface area contributed by atoms with E-state index in [1.165, 1.54) is 30.6 Å². The fourth-order valence-corrected chi connectivity index (χ4v) is 3.11. The summed E-state index contributed by atoms with van der Waals surface area (Å²) in [5, 5.41) is 3.45. The van der Waals surface area contributed by atoms with Crippen molar-refractivity contribution in [2.75, 3.05) is 26.7 Å². The Balaban J connectivity index is 0.00000225. The van der Waals surface area contributed by atoms with E-state index in [9.17, 15) is 4.79 Å². The van der Waals surface area contributed by atoms with Gasteiger partial charge < -0.3 is 14.5 Å². The molecule has 0 saturated carbocycles. The van der Waals surface area contributed by atoms with Gasteiger partial charge in [-0.15, -0.1) is 12.4 Å². The summed E-state index contributed by atoms with van der Waals surface area (Å²) in [4.78, 5) is 14.3. The van der Waals surface area contributed by atoms with Crippen LogP contribution in [0.5, 0.6) is 5.75 Å². The predicted molar refractivity (Wildman–Crippen MR) is 101 cm³/mol. The van der Waals surface area contributed by atoms with Crippen LogP contribution in [0.3, 0.4) is 0 Å². The van der Waals surface area contributed by atoms with Crippen molar-refractivity contribution >= 4 is 12.4 Å². The number of benzene rings is 1. The van der Waals surface area contributed by atoms with Crippen molar-refractivity contribution in [2.24, 2.45) is 0 Å². The topological polar surface area (TPSA) is 54.7 Å². The van der Waals surface area contributed by atoms with Crippen molar-refractivity contribution in [2.45, 2.75) is 25.9 Å². The Morgan fingerprint density at radius 3 is 2.72 bits per heavy atom. The number of rotatable bonds is 5. The molecule has 1 N–H and O–H groups in total. The minimum absolute atomic E-state index is 0. The third-order valence-corrected chi connectivity index (χ3v) is 4.56. The highest BCUT2D eigenvalue weighted by Crippen LogP contribution is 2.24. The maximum absolute atomic E-state index is 11.9. The molecule has 1 aliphatic heterocycles. The van der Waals surface area contributed by atoms with Gasteiger partial charge in [0.25, 0.3) is 0 Å². The van der Waals surface area contributed by atoms with Gasteiger partial charge >= 0.3 is 0 Å². The average Bonchev–Trinajstić information content (AvgIpc) is 2.62. The number of nitrogens with zero attached hydrogens (tertiary/aromatic N) is 1. The van der Waals surface area contributed by atoms with Crippen molar-refractivity contribution in [3.63, 3.8) is 0 Å². The Kier molecular flexibility index (Phi) is 7.05. The number of aryl methyl sites for hydroxylation is 1. The van der Waals surface area contributed by atoms with Crippen molar-refractivity contribution < 1.29 is 9.15 Å². The van der Waals surface area contributed by atoms with Crippen LogP contribution in [0.15, 0.2) is 45.8 Å². The van der Waals surface area contributed by atoms with Gasteiger partial charge in [-0.25, -0.2) is 0 Å². The van der Waals surface area contributed by atoms with Crippen LogP contribution >= 0.6 is 12.4 Å². The van der Waals surface area contributed by atoms with Crippen molar-refractivity contribution in [3.8, 4) is 5.75 Å². The Morgan fingerprint density at radius 1 is 1.32 bits per heavy atom. The molecule has 25 heavy (non-hydrogen) atoms. The zero-order valence-electron chi connectivity index (χ0n) is 14.7. The second-order valence-electron chi connectivity index (χ2n) is 6.06. The van der Waals surface area contributed by atoms with Crippen molar-refractivity contribution in [3.05, 3.63) is 63.7 Å². The molecule has 1 aromatic carbocycles. The van der Waals surface area contributed by atoms with Gasteiger partial charge in [-0.05, 0) is 17.5 Å². The van der Waals surface area contributed by atoms with Gasteiger partial charge in [0, 0.05) is 31.7 Å². The highest BCUT2D eigenvalue weighted by Gasteiger charge is 2.24. The van der Waals surface area contributed by atoms with Crippen LogP contribution in [0.4, 0.5) is 0 Å². The zero-order valence-corrected chi connectivity index (χ0v) is 15.5. The quantitative estimate of drug-likeness (QED) is 0.884. The lowest BCUT2D eigenvalue weighted by Gasteiger charge is -2.36. The third-order valence-electron chi connectivity index (χ3n) is 4.56. The molecule has 3 rings (SSSR count). The second kappa shape index (κ2) is 9.04. The lowest BCUT2D eigenvalue weighted by molar-refractivity contribution is 0.141. The molecule has 1 atom stereocenters. The van der Waals surface area contributed by atoms with E-state index in [0.717, 1.165) is 26.1 Å². The Morgan fingerprint density at radius 2 is 2.08 bits per heavy atom. The molecule has 0 bridgehead atoms. The van der Waals surface area contributed by atoms with Gasteiger partial charge in [0.05, 0.1) is 13.7 Å². The van der Waals surface area contributed by atoms with Gasteiger partial charge in [0.1, 0.15) is 12.0 Å². The number of piperazine rings is 1. The van der Waals surface area contributed by atoms with E-state index in [-0.39, 0.29) is 29.6 Å². The van der Waals surface area contributed by atoms with Crippen LogP contribution in [0, 0.1) is 0 Å². The molecule has 1 aliphatic rings. The first kappa shape index (κ1) is 19.5. The summed E-state index contributed by atoms with van der Waals surface area (Å²) in [6.07, 6.45) is 2.44. The Labute approximate surface area is 154 Å². The molecule has 1 fully saturated rings.